The SMILES string of the molecule is c1ccc(CSCCCNCCCN(Cc2ccccc2)C2CCCC2)cc1. The van der Waals surface area contributed by atoms with Gasteiger partial charge in [-0.1, -0.05) is 73.5 Å². The first-order valence-corrected chi connectivity index (χ1v) is 12.2. The zero-order chi connectivity index (χ0) is 19.3. The van der Waals surface area contributed by atoms with E-state index >= 15 is 0 Å². The molecule has 0 spiro atoms. The lowest BCUT2D eigenvalue weighted by atomic mass is 10.1. The maximum atomic E-state index is 3.65. The third-order valence-corrected chi connectivity index (χ3v) is 6.74. The molecular formula is C25H36N2S. The van der Waals surface area contributed by atoms with Gasteiger partial charge in [-0.3, -0.25) is 4.90 Å². The molecular weight excluding hydrogens is 360 g/mol. The zero-order valence-electron chi connectivity index (χ0n) is 17.2. The number of thioether (sulfide) groups is 1. The molecule has 1 N–H and O–H groups in total. The summed E-state index contributed by atoms with van der Waals surface area (Å²) in [6.07, 6.45) is 8.11. The highest BCUT2D eigenvalue weighted by Crippen LogP contribution is 2.25. The Kier molecular flexibility index (Phi) is 9.97. The predicted molar refractivity (Wildman–Crippen MR) is 124 cm³/mol. The van der Waals surface area contributed by atoms with Crippen molar-refractivity contribution in [1.82, 2.24) is 10.2 Å². The summed E-state index contributed by atoms with van der Waals surface area (Å²) in [5.74, 6) is 2.38. The van der Waals surface area contributed by atoms with Crippen LogP contribution in [0.1, 0.15) is 49.7 Å². The molecule has 2 aromatic carbocycles. The Morgan fingerprint density at radius 2 is 1.46 bits per heavy atom. The number of nitrogens with one attached hydrogen (secondary N) is 1. The first kappa shape index (κ1) is 21.4. The van der Waals surface area contributed by atoms with Crippen molar-refractivity contribution in [2.45, 2.75) is 56.9 Å². The van der Waals surface area contributed by atoms with Crippen LogP contribution >= 0.6 is 11.8 Å². The molecule has 0 amide bonds. The second kappa shape index (κ2) is 13.0. The van der Waals surface area contributed by atoms with Crippen LogP contribution in [0.3, 0.4) is 0 Å². The topological polar surface area (TPSA) is 15.3 Å². The van der Waals surface area contributed by atoms with Gasteiger partial charge in [0.05, 0.1) is 0 Å². The van der Waals surface area contributed by atoms with E-state index in [1.54, 1.807) is 0 Å². The molecule has 0 unspecified atom stereocenters. The molecule has 0 bridgehead atoms. The van der Waals surface area contributed by atoms with Crippen molar-refractivity contribution >= 4 is 11.8 Å². The van der Waals surface area contributed by atoms with Crippen LogP contribution in [0.4, 0.5) is 0 Å². The molecule has 2 nitrogen and oxygen atoms in total. The van der Waals surface area contributed by atoms with Crippen molar-refractivity contribution in [3.8, 4) is 0 Å². The van der Waals surface area contributed by atoms with Crippen molar-refractivity contribution in [3.05, 3.63) is 71.8 Å². The van der Waals surface area contributed by atoms with Crippen LogP contribution in [0.25, 0.3) is 0 Å². The Morgan fingerprint density at radius 1 is 0.821 bits per heavy atom. The molecule has 3 heteroatoms. The highest BCUT2D eigenvalue weighted by Gasteiger charge is 2.22. The average molecular weight is 397 g/mol. The lowest BCUT2D eigenvalue weighted by molar-refractivity contribution is 0.187. The molecule has 1 saturated carbocycles. The fourth-order valence-corrected chi connectivity index (χ4v) is 4.99. The fraction of sp³-hybridized carbons (Fsp3) is 0.520. The molecule has 0 heterocycles. The predicted octanol–water partition coefficient (Wildman–Crippen LogP) is 5.73. The summed E-state index contributed by atoms with van der Waals surface area (Å²) in [7, 11) is 0. The molecule has 28 heavy (non-hydrogen) atoms. The number of hydrogen-bond donors (Lipinski definition) is 1. The first-order chi connectivity index (χ1) is 13.9. The van der Waals surface area contributed by atoms with E-state index in [1.807, 2.05) is 11.8 Å². The van der Waals surface area contributed by atoms with Crippen molar-refractivity contribution in [3.63, 3.8) is 0 Å². The smallest absolute Gasteiger partial charge is 0.0236 e. The summed E-state index contributed by atoms with van der Waals surface area (Å²) in [5.41, 5.74) is 2.89. The van der Waals surface area contributed by atoms with Crippen LogP contribution in [-0.4, -0.2) is 36.3 Å². The molecule has 0 aromatic heterocycles. The summed E-state index contributed by atoms with van der Waals surface area (Å²) in [6, 6.07) is 22.6. The van der Waals surface area contributed by atoms with Gasteiger partial charge in [0, 0.05) is 18.3 Å². The third-order valence-electron chi connectivity index (χ3n) is 5.62. The van der Waals surface area contributed by atoms with E-state index in [4.69, 9.17) is 0 Å². The van der Waals surface area contributed by atoms with E-state index < -0.39 is 0 Å². The monoisotopic (exact) mass is 396 g/mol. The van der Waals surface area contributed by atoms with Crippen LogP contribution < -0.4 is 5.32 Å². The van der Waals surface area contributed by atoms with Crippen LogP contribution in [0.2, 0.25) is 0 Å². The van der Waals surface area contributed by atoms with Gasteiger partial charge < -0.3 is 5.32 Å². The fourth-order valence-electron chi connectivity index (χ4n) is 4.07. The second-order valence-corrected chi connectivity index (χ2v) is 8.99. The van der Waals surface area contributed by atoms with E-state index in [-0.39, 0.29) is 0 Å². The Hall–Kier alpha value is -1.29. The van der Waals surface area contributed by atoms with Gasteiger partial charge in [-0.2, -0.15) is 11.8 Å². The highest BCUT2D eigenvalue weighted by atomic mass is 32.2. The highest BCUT2D eigenvalue weighted by molar-refractivity contribution is 7.98. The minimum Gasteiger partial charge on any atom is -0.317 e. The molecule has 152 valence electrons. The van der Waals surface area contributed by atoms with Gasteiger partial charge >= 0.3 is 0 Å². The van der Waals surface area contributed by atoms with E-state index in [9.17, 15) is 0 Å². The normalized spacial score (nSPS) is 14.8. The average Bonchev–Trinajstić information content (AvgIpc) is 3.28. The summed E-state index contributed by atoms with van der Waals surface area (Å²) in [4.78, 5) is 2.74. The van der Waals surface area contributed by atoms with E-state index in [0.29, 0.717) is 0 Å². The van der Waals surface area contributed by atoms with Gasteiger partial charge in [-0.05, 0) is 62.2 Å². The van der Waals surface area contributed by atoms with E-state index in [0.717, 1.165) is 31.4 Å². The maximum absolute atomic E-state index is 3.65. The third kappa shape index (κ3) is 7.98. The lowest BCUT2D eigenvalue weighted by Gasteiger charge is -2.29. The maximum Gasteiger partial charge on any atom is 0.0236 e. The molecule has 0 aliphatic heterocycles. The minimum absolute atomic E-state index is 0.801. The Balaban J connectivity index is 1.26. The molecule has 2 aromatic rings. The van der Waals surface area contributed by atoms with E-state index in [1.165, 1.54) is 61.9 Å². The Labute approximate surface area is 176 Å². The summed E-state index contributed by atoms with van der Waals surface area (Å²) < 4.78 is 0. The molecule has 0 saturated heterocycles. The van der Waals surface area contributed by atoms with Gasteiger partial charge in [-0.25, -0.2) is 0 Å². The van der Waals surface area contributed by atoms with Crippen molar-refractivity contribution in [1.29, 1.82) is 0 Å². The summed E-state index contributed by atoms with van der Waals surface area (Å²) in [5, 5.41) is 3.65. The zero-order valence-corrected chi connectivity index (χ0v) is 18.0. The number of nitrogens with zero attached hydrogens (tertiary/aromatic N) is 1. The first-order valence-electron chi connectivity index (χ1n) is 11.0. The van der Waals surface area contributed by atoms with Gasteiger partial charge in [0.25, 0.3) is 0 Å². The van der Waals surface area contributed by atoms with Crippen LogP contribution in [0.5, 0.6) is 0 Å². The van der Waals surface area contributed by atoms with Gasteiger partial charge in [0.1, 0.15) is 0 Å². The number of benzene rings is 2. The van der Waals surface area contributed by atoms with Gasteiger partial charge in [-0.15, -0.1) is 0 Å². The van der Waals surface area contributed by atoms with Crippen LogP contribution in [0.15, 0.2) is 60.7 Å². The Bertz CT molecular complexity index is 626. The molecule has 0 radical (unpaired) electrons. The number of hydrogen-bond acceptors (Lipinski definition) is 3. The second-order valence-electron chi connectivity index (χ2n) is 7.89. The largest absolute Gasteiger partial charge is 0.317 e. The molecule has 1 aliphatic rings. The standard InChI is InChI=1S/C25H36N2S/c1-3-11-23(12-4-1)21-27(25-15-7-8-16-25)19-9-17-26-18-10-20-28-22-24-13-5-2-6-14-24/h1-6,11-14,25-26H,7-10,15-22H2. The molecule has 1 aliphatic carbocycles. The number of rotatable bonds is 13. The summed E-state index contributed by atoms with van der Waals surface area (Å²) in [6.45, 7) is 4.61. The van der Waals surface area contributed by atoms with Crippen LogP contribution in [0, 0.1) is 0 Å². The molecule has 1 fully saturated rings. The molecule has 0 atom stereocenters. The van der Waals surface area contributed by atoms with Crippen molar-refractivity contribution in [2.24, 2.45) is 0 Å². The Morgan fingerprint density at radius 3 is 2.18 bits per heavy atom. The quantitative estimate of drug-likeness (QED) is 0.435. The summed E-state index contributed by atoms with van der Waals surface area (Å²) >= 11 is 2.04. The van der Waals surface area contributed by atoms with E-state index in [2.05, 4.69) is 70.9 Å². The van der Waals surface area contributed by atoms with Crippen LogP contribution in [-0.2, 0) is 12.3 Å². The van der Waals surface area contributed by atoms with Crippen molar-refractivity contribution < 1.29 is 0 Å². The molecule has 3 rings (SSSR count). The van der Waals surface area contributed by atoms with Crippen molar-refractivity contribution in [2.75, 3.05) is 25.4 Å². The van der Waals surface area contributed by atoms with Gasteiger partial charge in [0.2, 0.25) is 0 Å². The lowest BCUT2D eigenvalue weighted by Crippen LogP contribution is -2.35. The minimum atomic E-state index is 0.801. The van der Waals surface area contributed by atoms with Gasteiger partial charge in [0.15, 0.2) is 0 Å².